The van der Waals surface area contributed by atoms with Crippen molar-refractivity contribution in [2.45, 2.75) is 51.3 Å². The van der Waals surface area contributed by atoms with Gasteiger partial charge >= 0.3 is 0 Å². The van der Waals surface area contributed by atoms with E-state index in [9.17, 15) is 4.55 Å². The number of rotatable bonds is 5. The van der Waals surface area contributed by atoms with E-state index < -0.39 is 11.4 Å². The highest BCUT2D eigenvalue weighted by Gasteiger charge is 2.29. The second-order valence-corrected chi connectivity index (χ2v) is 8.14. The number of nitrogens with one attached hydrogen (secondary N) is 1. The van der Waals surface area contributed by atoms with Gasteiger partial charge in [0.05, 0.1) is 11.1 Å². The Bertz CT molecular complexity index is 424. The lowest BCUT2D eigenvalue weighted by Crippen LogP contribution is -2.41. The molecule has 3 nitrogen and oxygen atoms in total. The van der Waals surface area contributed by atoms with Gasteiger partial charge < -0.3 is 4.55 Å². The zero-order chi connectivity index (χ0) is 14.6. The molecule has 0 saturated carbocycles. The van der Waals surface area contributed by atoms with Crippen LogP contribution in [0, 0.1) is 0 Å². The van der Waals surface area contributed by atoms with Crippen LogP contribution in [0.3, 0.4) is 0 Å². The maximum absolute atomic E-state index is 12.2. The van der Waals surface area contributed by atoms with Crippen LogP contribution >= 0.6 is 23.2 Å². The predicted octanol–water partition coefficient (Wildman–Crippen LogP) is 4.28. The van der Waals surface area contributed by atoms with E-state index in [1.165, 1.54) is 0 Å². The Kier molecular flexibility index (Phi) is 6.40. The fourth-order valence-electron chi connectivity index (χ4n) is 1.51. The van der Waals surface area contributed by atoms with Gasteiger partial charge in [0, 0.05) is 17.6 Å². The van der Waals surface area contributed by atoms with Gasteiger partial charge in [-0.1, -0.05) is 36.5 Å². The van der Waals surface area contributed by atoms with Crippen LogP contribution in [0.2, 0.25) is 10.2 Å². The lowest BCUT2D eigenvalue weighted by atomic mass is 10.1. The first-order chi connectivity index (χ1) is 8.75. The third-order valence-electron chi connectivity index (χ3n) is 2.60. The normalized spacial score (nSPS) is 15.3. The van der Waals surface area contributed by atoms with Crippen molar-refractivity contribution in [3.63, 3.8) is 0 Å². The molecule has 0 saturated heterocycles. The number of pyridine rings is 1. The Morgan fingerprint density at radius 1 is 1.42 bits per heavy atom. The van der Waals surface area contributed by atoms with Crippen molar-refractivity contribution in [2.75, 3.05) is 0 Å². The first-order valence-electron chi connectivity index (χ1n) is 6.24. The van der Waals surface area contributed by atoms with Crippen LogP contribution in [0.25, 0.3) is 0 Å². The van der Waals surface area contributed by atoms with E-state index in [1.807, 2.05) is 20.8 Å². The van der Waals surface area contributed by atoms with Gasteiger partial charge in [0.1, 0.15) is 9.90 Å². The SMILES string of the molecule is CCC[C@@H](N[S+]([O-])C(C)(C)C)c1cnc(Cl)c(Cl)c1. The van der Waals surface area contributed by atoms with Gasteiger partial charge in [-0.15, -0.1) is 4.72 Å². The van der Waals surface area contributed by atoms with Gasteiger partial charge in [0.15, 0.2) is 0 Å². The number of hydrogen-bond acceptors (Lipinski definition) is 3. The lowest BCUT2D eigenvalue weighted by Gasteiger charge is -2.28. The quantitative estimate of drug-likeness (QED) is 0.650. The van der Waals surface area contributed by atoms with Crippen LogP contribution in [0.15, 0.2) is 12.3 Å². The summed E-state index contributed by atoms with van der Waals surface area (Å²) in [6.07, 6.45) is 3.52. The average Bonchev–Trinajstić information content (AvgIpc) is 2.31. The zero-order valence-corrected chi connectivity index (χ0v) is 14.0. The van der Waals surface area contributed by atoms with Gasteiger partial charge in [0.25, 0.3) is 0 Å². The summed E-state index contributed by atoms with van der Waals surface area (Å²) in [5.41, 5.74) is 0.911. The molecular formula is C13H20Cl2N2OS. The fraction of sp³-hybridized carbons (Fsp3) is 0.615. The van der Waals surface area contributed by atoms with Crippen LogP contribution in [0.4, 0.5) is 0 Å². The molecule has 108 valence electrons. The number of aromatic nitrogens is 1. The summed E-state index contributed by atoms with van der Waals surface area (Å²) in [7, 11) is 0. The standard InChI is InChI=1S/C13H20Cl2N2OS/c1-5-6-11(17-19(18)13(2,3)4)9-7-10(14)12(15)16-8-9/h7-8,11,17H,5-6H2,1-4H3/t11-,19?/m1/s1. The first-order valence-corrected chi connectivity index (χ1v) is 8.15. The minimum absolute atomic E-state index is 0.0349. The third kappa shape index (κ3) is 5.12. The van der Waals surface area contributed by atoms with E-state index in [4.69, 9.17) is 23.2 Å². The van der Waals surface area contributed by atoms with Crippen LogP contribution in [0.5, 0.6) is 0 Å². The number of hydrogen-bond donors (Lipinski definition) is 1. The molecule has 0 aromatic carbocycles. The summed E-state index contributed by atoms with van der Waals surface area (Å²) in [6, 6.07) is 1.75. The van der Waals surface area contributed by atoms with Crippen molar-refractivity contribution in [2.24, 2.45) is 0 Å². The highest BCUT2D eigenvalue weighted by atomic mass is 35.5. The summed E-state index contributed by atoms with van der Waals surface area (Å²) in [4.78, 5) is 4.05. The maximum atomic E-state index is 12.2. The minimum Gasteiger partial charge on any atom is -0.598 e. The predicted molar refractivity (Wildman–Crippen MR) is 82.9 cm³/mol. The van der Waals surface area contributed by atoms with Crippen LogP contribution in [-0.2, 0) is 11.4 Å². The molecule has 0 aliphatic carbocycles. The monoisotopic (exact) mass is 322 g/mol. The van der Waals surface area contributed by atoms with E-state index in [1.54, 1.807) is 12.3 Å². The third-order valence-corrected chi connectivity index (χ3v) is 4.90. The van der Waals surface area contributed by atoms with E-state index >= 15 is 0 Å². The molecule has 1 N–H and O–H groups in total. The van der Waals surface area contributed by atoms with Crippen molar-refractivity contribution in [3.05, 3.63) is 28.0 Å². The Labute approximate surface area is 128 Å². The molecule has 0 spiro atoms. The topological polar surface area (TPSA) is 48.0 Å². The average molecular weight is 323 g/mol. The smallest absolute Gasteiger partial charge is 0.147 e. The molecular weight excluding hydrogens is 303 g/mol. The summed E-state index contributed by atoms with van der Waals surface area (Å²) < 4.78 is 15.0. The first kappa shape index (κ1) is 17.1. The highest BCUT2D eigenvalue weighted by Crippen LogP contribution is 2.27. The second kappa shape index (κ2) is 7.14. The van der Waals surface area contributed by atoms with Crippen molar-refractivity contribution in [3.8, 4) is 0 Å². The molecule has 1 unspecified atom stereocenters. The molecule has 1 rings (SSSR count). The van der Waals surface area contributed by atoms with Gasteiger partial charge in [-0.3, -0.25) is 0 Å². The largest absolute Gasteiger partial charge is 0.598 e. The summed E-state index contributed by atoms with van der Waals surface area (Å²) in [6.45, 7) is 7.89. The Balaban J connectivity index is 2.90. The summed E-state index contributed by atoms with van der Waals surface area (Å²) >= 11 is 10.7. The molecule has 1 aromatic heterocycles. The maximum Gasteiger partial charge on any atom is 0.147 e. The van der Waals surface area contributed by atoms with Gasteiger partial charge in [0.2, 0.25) is 0 Å². The van der Waals surface area contributed by atoms with Crippen molar-refractivity contribution < 1.29 is 4.55 Å². The van der Waals surface area contributed by atoms with Gasteiger partial charge in [-0.2, -0.15) is 0 Å². The Morgan fingerprint density at radius 2 is 2.05 bits per heavy atom. The molecule has 0 aliphatic rings. The van der Waals surface area contributed by atoms with Gasteiger partial charge in [-0.25, -0.2) is 4.98 Å². The summed E-state index contributed by atoms with van der Waals surface area (Å²) in [5.74, 6) is 0. The molecule has 0 fully saturated rings. The fourth-order valence-corrected chi connectivity index (χ4v) is 2.66. The molecule has 0 bridgehead atoms. The van der Waals surface area contributed by atoms with Crippen molar-refractivity contribution in [1.82, 2.24) is 9.71 Å². The van der Waals surface area contributed by atoms with E-state index in [-0.39, 0.29) is 15.9 Å². The van der Waals surface area contributed by atoms with Crippen molar-refractivity contribution in [1.29, 1.82) is 0 Å². The lowest BCUT2D eigenvalue weighted by molar-refractivity contribution is 0.509. The minimum atomic E-state index is -1.14. The van der Waals surface area contributed by atoms with E-state index in [0.717, 1.165) is 18.4 Å². The zero-order valence-electron chi connectivity index (χ0n) is 11.7. The van der Waals surface area contributed by atoms with Gasteiger partial charge in [-0.05, 0) is 38.8 Å². The highest BCUT2D eigenvalue weighted by molar-refractivity contribution is 7.90. The van der Waals surface area contributed by atoms with E-state index in [2.05, 4.69) is 16.6 Å². The summed E-state index contributed by atoms with van der Waals surface area (Å²) in [5, 5.41) is 0.709. The van der Waals surface area contributed by atoms with Crippen LogP contribution in [0.1, 0.15) is 52.1 Å². The molecule has 6 heteroatoms. The molecule has 0 aliphatic heterocycles. The molecule has 0 radical (unpaired) electrons. The van der Waals surface area contributed by atoms with Crippen LogP contribution in [-0.4, -0.2) is 14.3 Å². The Morgan fingerprint density at radius 3 is 2.53 bits per heavy atom. The molecule has 2 atom stereocenters. The second-order valence-electron chi connectivity index (χ2n) is 5.38. The number of nitrogens with zero attached hydrogens (tertiary/aromatic N) is 1. The molecule has 19 heavy (non-hydrogen) atoms. The van der Waals surface area contributed by atoms with E-state index in [0.29, 0.717) is 5.02 Å². The number of halogens is 2. The molecule has 0 amide bonds. The molecule has 1 heterocycles. The van der Waals surface area contributed by atoms with Crippen LogP contribution < -0.4 is 4.72 Å². The van der Waals surface area contributed by atoms with Crippen molar-refractivity contribution >= 4 is 34.6 Å². The molecule has 1 aromatic rings. The Hall–Kier alpha value is -0.0000000000000000555.